The summed E-state index contributed by atoms with van der Waals surface area (Å²) in [6.07, 6.45) is 0. The molecule has 3 N–H and O–H groups in total. The number of amides is 2. The summed E-state index contributed by atoms with van der Waals surface area (Å²) in [6.45, 7) is 2.05. The van der Waals surface area contributed by atoms with Crippen LogP contribution in [0.15, 0.2) is 0 Å². The zero-order valence-corrected chi connectivity index (χ0v) is 10.4. The molecule has 0 aliphatic carbocycles. The Kier molecular flexibility index (Phi) is 9.31. The van der Waals surface area contributed by atoms with Crippen LogP contribution in [0.3, 0.4) is 0 Å². The summed E-state index contributed by atoms with van der Waals surface area (Å²) in [5, 5.41) is 2.43. The summed E-state index contributed by atoms with van der Waals surface area (Å²) in [4.78, 5) is 24.5. The Morgan fingerprint density at radius 3 is 2.12 bits per heavy atom. The lowest BCUT2D eigenvalue weighted by Crippen LogP contribution is -2.46. The van der Waals surface area contributed by atoms with Crippen molar-refractivity contribution >= 4 is 11.8 Å². The van der Waals surface area contributed by atoms with Gasteiger partial charge in [-0.1, -0.05) is 0 Å². The van der Waals surface area contributed by atoms with E-state index in [4.69, 9.17) is 15.2 Å². The van der Waals surface area contributed by atoms with Crippen molar-refractivity contribution in [1.29, 1.82) is 0 Å². The van der Waals surface area contributed by atoms with Crippen molar-refractivity contribution < 1.29 is 19.1 Å². The Labute approximate surface area is 101 Å². The minimum absolute atomic E-state index is 0.285. The summed E-state index contributed by atoms with van der Waals surface area (Å²) in [7, 11) is 3.07. The first kappa shape index (κ1) is 15.8. The molecule has 7 nitrogen and oxygen atoms in total. The molecule has 2 amide bonds. The summed E-state index contributed by atoms with van der Waals surface area (Å²) >= 11 is 0. The topological polar surface area (TPSA) is 93.9 Å². The van der Waals surface area contributed by atoms with E-state index in [1.165, 1.54) is 19.1 Å². The van der Waals surface area contributed by atoms with Crippen LogP contribution in [0.5, 0.6) is 0 Å². The molecule has 0 aliphatic rings. The minimum atomic E-state index is -0.650. The molecule has 0 aliphatic heterocycles. The molecule has 0 heterocycles. The number of rotatable bonds is 8. The molecule has 17 heavy (non-hydrogen) atoms. The molecular formula is C10H21N3O4. The summed E-state index contributed by atoms with van der Waals surface area (Å²) in [5.74, 6) is -1.24. The SMILES string of the molecule is COCCN(CCOC)C(=O)C(=O)NCCN. The van der Waals surface area contributed by atoms with Crippen LogP contribution in [0.4, 0.5) is 0 Å². The van der Waals surface area contributed by atoms with Crippen LogP contribution in [0, 0.1) is 0 Å². The van der Waals surface area contributed by atoms with Crippen LogP contribution < -0.4 is 11.1 Å². The number of nitrogens with zero attached hydrogens (tertiary/aromatic N) is 1. The van der Waals surface area contributed by atoms with Gasteiger partial charge >= 0.3 is 11.8 Å². The van der Waals surface area contributed by atoms with Gasteiger partial charge in [0, 0.05) is 40.4 Å². The minimum Gasteiger partial charge on any atom is -0.383 e. The summed E-state index contributed by atoms with van der Waals surface area (Å²) in [6, 6.07) is 0. The van der Waals surface area contributed by atoms with Crippen molar-refractivity contribution in [2.45, 2.75) is 0 Å². The van der Waals surface area contributed by atoms with Crippen molar-refractivity contribution in [3.63, 3.8) is 0 Å². The van der Waals surface area contributed by atoms with Crippen molar-refractivity contribution in [3.8, 4) is 0 Å². The summed E-state index contributed by atoms with van der Waals surface area (Å²) < 4.78 is 9.75. The monoisotopic (exact) mass is 247 g/mol. The van der Waals surface area contributed by atoms with Gasteiger partial charge in [0.15, 0.2) is 0 Å². The molecule has 0 aromatic heterocycles. The van der Waals surface area contributed by atoms with Crippen LogP contribution in [0.1, 0.15) is 0 Å². The smallest absolute Gasteiger partial charge is 0.312 e. The molecule has 0 unspecified atom stereocenters. The molecule has 0 saturated heterocycles. The van der Waals surface area contributed by atoms with Crippen LogP contribution in [0.2, 0.25) is 0 Å². The Balaban J connectivity index is 4.23. The molecular weight excluding hydrogens is 226 g/mol. The van der Waals surface area contributed by atoms with E-state index in [0.717, 1.165) is 0 Å². The Morgan fingerprint density at radius 1 is 1.18 bits per heavy atom. The van der Waals surface area contributed by atoms with Gasteiger partial charge in [-0.3, -0.25) is 9.59 Å². The van der Waals surface area contributed by atoms with E-state index in [9.17, 15) is 9.59 Å². The number of ether oxygens (including phenoxy) is 2. The zero-order valence-electron chi connectivity index (χ0n) is 10.4. The average Bonchev–Trinajstić information content (AvgIpc) is 2.35. The second-order valence-corrected chi connectivity index (χ2v) is 3.32. The van der Waals surface area contributed by atoms with Gasteiger partial charge in [-0.25, -0.2) is 0 Å². The molecule has 0 spiro atoms. The quantitative estimate of drug-likeness (QED) is 0.493. The van der Waals surface area contributed by atoms with Crippen molar-refractivity contribution in [1.82, 2.24) is 10.2 Å². The van der Waals surface area contributed by atoms with E-state index in [1.54, 1.807) is 0 Å². The van der Waals surface area contributed by atoms with Crippen LogP contribution in [-0.4, -0.2) is 70.3 Å². The van der Waals surface area contributed by atoms with Gasteiger partial charge < -0.3 is 25.4 Å². The van der Waals surface area contributed by atoms with E-state index in [1.807, 2.05) is 0 Å². The number of hydrogen-bond acceptors (Lipinski definition) is 5. The van der Waals surface area contributed by atoms with E-state index in [0.29, 0.717) is 32.8 Å². The third-order valence-corrected chi connectivity index (χ3v) is 2.04. The zero-order chi connectivity index (χ0) is 13.1. The number of carbonyl (C=O) groups excluding carboxylic acids is 2. The van der Waals surface area contributed by atoms with Gasteiger partial charge in [-0.2, -0.15) is 0 Å². The fourth-order valence-electron chi connectivity index (χ4n) is 1.12. The first-order valence-corrected chi connectivity index (χ1v) is 5.42. The highest BCUT2D eigenvalue weighted by Crippen LogP contribution is 1.91. The van der Waals surface area contributed by atoms with Gasteiger partial charge in [-0.15, -0.1) is 0 Å². The number of hydrogen-bond donors (Lipinski definition) is 2. The van der Waals surface area contributed by atoms with Gasteiger partial charge in [0.05, 0.1) is 13.2 Å². The first-order valence-electron chi connectivity index (χ1n) is 5.42. The Hall–Kier alpha value is -1.18. The lowest BCUT2D eigenvalue weighted by atomic mass is 10.4. The van der Waals surface area contributed by atoms with Crippen molar-refractivity contribution in [3.05, 3.63) is 0 Å². The van der Waals surface area contributed by atoms with E-state index >= 15 is 0 Å². The standard InChI is InChI=1S/C10H21N3O4/c1-16-7-5-13(6-8-17-2)10(15)9(14)12-4-3-11/h3-8,11H2,1-2H3,(H,12,14). The van der Waals surface area contributed by atoms with Crippen molar-refractivity contribution in [2.24, 2.45) is 5.73 Å². The fourth-order valence-corrected chi connectivity index (χ4v) is 1.12. The molecule has 0 rings (SSSR count). The number of methoxy groups -OCH3 is 2. The van der Waals surface area contributed by atoms with Crippen molar-refractivity contribution in [2.75, 3.05) is 53.6 Å². The van der Waals surface area contributed by atoms with Crippen LogP contribution in [-0.2, 0) is 19.1 Å². The van der Waals surface area contributed by atoms with Crippen LogP contribution in [0.25, 0.3) is 0 Å². The molecule has 0 fully saturated rings. The third kappa shape index (κ3) is 6.88. The van der Waals surface area contributed by atoms with Gasteiger partial charge in [0.2, 0.25) is 0 Å². The normalized spacial score (nSPS) is 10.1. The second-order valence-electron chi connectivity index (χ2n) is 3.32. The van der Waals surface area contributed by atoms with Crippen LogP contribution >= 0.6 is 0 Å². The number of nitrogens with one attached hydrogen (secondary N) is 1. The number of carbonyl (C=O) groups is 2. The molecule has 0 saturated carbocycles. The van der Waals surface area contributed by atoms with Gasteiger partial charge in [0.1, 0.15) is 0 Å². The third-order valence-electron chi connectivity index (χ3n) is 2.04. The fraction of sp³-hybridized carbons (Fsp3) is 0.800. The molecule has 0 aromatic carbocycles. The van der Waals surface area contributed by atoms with Gasteiger partial charge in [-0.05, 0) is 0 Å². The highest BCUT2D eigenvalue weighted by Gasteiger charge is 2.20. The maximum absolute atomic E-state index is 11.7. The maximum atomic E-state index is 11.7. The molecule has 7 heteroatoms. The van der Waals surface area contributed by atoms with E-state index in [2.05, 4.69) is 5.32 Å². The molecule has 0 atom stereocenters. The van der Waals surface area contributed by atoms with Gasteiger partial charge in [0.25, 0.3) is 0 Å². The lowest BCUT2D eigenvalue weighted by Gasteiger charge is -2.21. The summed E-state index contributed by atoms with van der Waals surface area (Å²) in [5.41, 5.74) is 5.23. The molecule has 0 bridgehead atoms. The highest BCUT2D eigenvalue weighted by molar-refractivity contribution is 6.35. The van der Waals surface area contributed by atoms with E-state index in [-0.39, 0.29) is 6.54 Å². The molecule has 0 radical (unpaired) electrons. The predicted octanol–water partition coefficient (Wildman–Crippen LogP) is -1.82. The highest BCUT2D eigenvalue weighted by atomic mass is 16.5. The van der Waals surface area contributed by atoms with E-state index < -0.39 is 11.8 Å². The maximum Gasteiger partial charge on any atom is 0.312 e. The largest absolute Gasteiger partial charge is 0.383 e. The first-order chi connectivity index (χ1) is 8.17. The predicted molar refractivity (Wildman–Crippen MR) is 62.4 cm³/mol. The lowest BCUT2D eigenvalue weighted by molar-refractivity contribution is -0.146. The Morgan fingerprint density at radius 2 is 1.71 bits per heavy atom. The second kappa shape index (κ2) is 10.0. The molecule has 0 aromatic rings. The number of nitrogens with two attached hydrogens (primary N) is 1. The average molecular weight is 247 g/mol. The molecule has 100 valence electrons. The Bertz CT molecular complexity index is 228.